The molecule has 0 unspecified atom stereocenters. The van der Waals surface area contributed by atoms with Gasteiger partial charge >= 0.3 is 0 Å². The lowest BCUT2D eigenvalue weighted by Crippen LogP contribution is -2.11. The van der Waals surface area contributed by atoms with Crippen LogP contribution in [-0.4, -0.2) is 15.6 Å². The van der Waals surface area contributed by atoms with Crippen LogP contribution in [0.25, 0.3) is 0 Å². The Kier molecular flexibility index (Phi) is 4.15. The molecule has 1 aromatic heterocycles. The maximum absolute atomic E-state index is 12.3. The second kappa shape index (κ2) is 5.83. The number of rotatable bonds is 5. The van der Waals surface area contributed by atoms with E-state index in [4.69, 9.17) is 0 Å². The van der Waals surface area contributed by atoms with Gasteiger partial charge in [-0.3, -0.25) is 9.48 Å². The lowest BCUT2D eigenvalue weighted by atomic mass is 10.1. The molecule has 0 amide bonds. The number of hydrogen-bond acceptors (Lipinski definition) is 2. The molecule has 0 radical (unpaired) electrons. The van der Waals surface area contributed by atoms with Crippen molar-refractivity contribution in [2.75, 3.05) is 0 Å². The highest BCUT2D eigenvalue weighted by Gasteiger charge is 2.14. The van der Waals surface area contributed by atoms with Crippen LogP contribution in [-0.2, 0) is 19.4 Å². The zero-order chi connectivity index (χ0) is 13.8. The Bertz CT molecular complexity index is 567. The highest BCUT2D eigenvalue weighted by atomic mass is 16.1. The van der Waals surface area contributed by atoms with Crippen LogP contribution in [0.1, 0.15) is 41.2 Å². The van der Waals surface area contributed by atoms with Crippen molar-refractivity contribution in [2.24, 2.45) is 0 Å². The third kappa shape index (κ3) is 3.11. The van der Waals surface area contributed by atoms with Crippen molar-refractivity contribution in [1.82, 2.24) is 9.78 Å². The number of benzene rings is 1. The van der Waals surface area contributed by atoms with E-state index in [0.29, 0.717) is 6.42 Å². The first kappa shape index (κ1) is 13.5. The highest BCUT2D eigenvalue weighted by Crippen LogP contribution is 2.11. The van der Waals surface area contributed by atoms with Gasteiger partial charge in [-0.1, -0.05) is 36.8 Å². The molecule has 0 fully saturated rings. The second-order valence-corrected chi connectivity index (χ2v) is 4.78. The minimum absolute atomic E-state index is 0.137. The first-order valence-electron chi connectivity index (χ1n) is 6.79. The molecule has 0 bridgehead atoms. The van der Waals surface area contributed by atoms with Crippen molar-refractivity contribution in [3.05, 3.63) is 52.8 Å². The summed E-state index contributed by atoms with van der Waals surface area (Å²) in [5.41, 5.74) is 3.97. The van der Waals surface area contributed by atoms with Gasteiger partial charge in [0, 0.05) is 13.0 Å². The van der Waals surface area contributed by atoms with E-state index >= 15 is 0 Å². The normalized spacial score (nSPS) is 10.7. The number of nitrogens with zero attached hydrogens (tertiary/aromatic N) is 2. The Labute approximate surface area is 114 Å². The summed E-state index contributed by atoms with van der Waals surface area (Å²) in [6, 6.07) is 10.0. The molecule has 0 aliphatic rings. The minimum atomic E-state index is 0.137. The number of ketones is 1. The molecule has 2 rings (SSSR count). The zero-order valence-corrected chi connectivity index (χ0v) is 11.8. The van der Waals surface area contributed by atoms with E-state index in [0.717, 1.165) is 29.9 Å². The van der Waals surface area contributed by atoms with Gasteiger partial charge in [0.15, 0.2) is 5.78 Å². The first-order valence-corrected chi connectivity index (χ1v) is 6.79. The van der Waals surface area contributed by atoms with Crippen LogP contribution in [0.2, 0.25) is 0 Å². The summed E-state index contributed by atoms with van der Waals surface area (Å²) in [5.74, 6) is 0.137. The summed E-state index contributed by atoms with van der Waals surface area (Å²) in [6.45, 7) is 6.84. The van der Waals surface area contributed by atoms with Crippen molar-refractivity contribution >= 4 is 5.78 Å². The van der Waals surface area contributed by atoms with Gasteiger partial charge in [-0.2, -0.15) is 5.10 Å². The quantitative estimate of drug-likeness (QED) is 0.770. The number of carbonyl (C=O) groups excluding carboxylic acids is 1. The van der Waals surface area contributed by atoms with Gasteiger partial charge in [0.2, 0.25) is 0 Å². The van der Waals surface area contributed by atoms with Crippen molar-refractivity contribution in [1.29, 1.82) is 0 Å². The Morgan fingerprint density at radius 3 is 2.47 bits per heavy atom. The van der Waals surface area contributed by atoms with Gasteiger partial charge in [0.1, 0.15) is 5.69 Å². The van der Waals surface area contributed by atoms with Gasteiger partial charge < -0.3 is 0 Å². The molecule has 0 spiro atoms. The van der Waals surface area contributed by atoms with E-state index in [9.17, 15) is 4.79 Å². The van der Waals surface area contributed by atoms with Crippen LogP contribution in [0.15, 0.2) is 30.3 Å². The number of carbonyl (C=O) groups is 1. The maximum Gasteiger partial charge on any atom is 0.185 e. The third-order valence-corrected chi connectivity index (χ3v) is 3.26. The van der Waals surface area contributed by atoms with Crippen LogP contribution in [0, 0.1) is 6.92 Å². The third-order valence-electron chi connectivity index (χ3n) is 3.26. The monoisotopic (exact) mass is 256 g/mol. The molecular formula is C16H20N2O. The van der Waals surface area contributed by atoms with Crippen LogP contribution in [0.3, 0.4) is 0 Å². The molecule has 0 saturated carbocycles. The SMILES string of the molecule is CCc1cc(C(=O)Cc2ccc(C)cc2)n(CC)n1. The van der Waals surface area contributed by atoms with E-state index in [2.05, 4.69) is 12.0 Å². The molecule has 0 N–H and O–H groups in total. The first-order chi connectivity index (χ1) is 9.13. The highest BCUT2D eigenvalue weighted by molar-refractivity contribution is 5.96. The summed E-state index contributed by atoms with van der Waals surface area (Å²) in [4.78, 5) is 12.3. The molecule has 19 heavy (non-hydrogen) atoms. The second-order valence-electron chi connectivity index (χ2n) is 4.78. The fourth-order valence-corrected chi connectivity index (χ4v) is 2.09. The van der Waals surface area contributed by atoms with Gasteiger partial charge in [-0.05, 0) is 31.9 Å². The smallest absolute Gasteiger partial charge is 0.185 e. The van der Waals surface area contributed by atoms with E-state index in [-0.39, 0.29) is 5.78 Å². The summed E-state index contributed by atoms with van der Waals surface area (Å²) in [7, 11) is 0. The van der Waals surface area contributed by atoms with E-state index in [1.54, 1.807) is 4.68 Å². The van der Waals surface area contributed by atoms with Gasteiger partial charge in [-0.15, -0.1) is 0 Å². The van der Waals surface area contributed by atoms with Crippen molar-refractivity contribution in [2.45, 2.75) is 40.2 Å². The number of Topliss-reactive ketones (excluding diaryl/α,β-unsaturated/α-hetero) is 1. The van der Waals surface area contributed by atoms with Crippen LogP contribution >= 0.6 is 0 Å². The van der Waals surface area contributed by atoms with Crippen molar-refractivity contribution in [3.63, 3.8) is 0 Å². The summed E-state index contributed by atoms with van der Waals surface area (Å²) < 4.78 is 1.80. The van der Waals surface area contributed by atoms with Crippen LogP contribution < -0.4 is 0 Å². The molecule has 0 atom stereocenters. The molecule has 3 heteroatoms. The Morgan fingerprint density at radius 1 is 1.21 bits per heavy atom. The number of hydrogen-bond donors (Lipinski definition) is 0. The van der Waals surface area contributed by atoms with E-state index in [1.807, 2.05) is 44.2 Å². The Morgan fingerprint density at radius 2 is 1.89 bits per heavy atom. The summed E-state index contributed by atoms with van der Waals surface area (Å²) >= 11 is 0. The minimum Gasteiger partial charge on any atom is -0.292 e. The number of aromatic nitrogens is 2. The van der Waals surface area contributed by atoms with Crippen LogP contribution in [0.4, 0.5) is 0 Å². The van der Waals surface area contributed by atoms with Gasteiger partial charge in [0.25, 0.3) is 0 Å². The van der Waals surface area contributed by atoms with Gasteiger partial charge in [0.05, 0.1) is 5.69 Å². The average molecular weight is 256 g/mol. The molecule has 0 saturated heterocycles. The maximum atomic E-state index is 12.3. The summed E-state index contributed by atoms with van der Waals surface area (Å²) in [5, 5.41) is 4.42. The standard InChI is InChI=1S/C16H20N2O/c1-4-14-11-15(18(5-2)17-14)16(19)10-13-8-6-12(3)7-9-13/h6-9,11H,4-5,10H2,1-3H3. The molecule has 0 aliphatic carbocycles. The molecule has 100 valence electrons. The molecule has 2 aromatic rings. The molecule has 3 nitrogen and oxygen atoms in total. The summed E-state index contributed by atoms with van der Waals surface area (Å²) in [6.07, 6.45) is 1.30. The Hall–Kier alpha value is -1.90. The predicted molar refractivity (Wildman–Crippen MR) is 76.5 cm³/mol. The fourth-order valence-electron chi connectivity index (χ4n) is 2.09. The predicted octanol–water partition coefficient (Wildman–Crippen LogP) is 3.20. The van der Waals surface area contributed by atoms with Gasteiger partial charge in [-0.25, -0.2) is 0 Å². The molecule has 1 aromatic carbocycles. The molecule has 0 aliphatic heterocycles. The van der Waals surface area contributed by atoms with E-state index < -0.39 is 0 Å². The Balaban J connectivity index is 2.19. The van der Waals surface area contributed by atoms with Crippen LogP contribution in [0.5, 0.6) is 0 Å². The zero-order valence-electron chi connectivity index (χ0n) is 11.8. The number of aryl methyl sites for hydroxylation is 3. The largest absolute Gasteiger partial charge is 0.292 e. The van der Waals surface area contributed by atoms with Crippen molar-refractivity contribution < 1.29 is 4.79 Å². The molecular weight excluding hydrogens is 236 g/mol. The van der Waals surface area contributed by atoms with E-state index in [1.165, 1.54) is 5.56 Å². The lowest BCUT2D eigenvalue weighted by Gasteiger charge is -2.04. The van der Waals surface area contributed by atoms with Crippen molar-refractivity contribution in [3.8, 4) is 0 Å². The molecule has 1 heterocycles. The average Bonchev–Trinajstić information content (AvgIpc) is 2.85. The lowest BCUT2D eigenvalue weighted by molar-refractivity contribution is 0.0983. The topological polar surface area (TPSA) is 34.9 Å². The fraction of sp³-hybridized carbons (Fsp3) is 0.375.